The van der Waals surface area contributed by atoms with Crippen LogP contribution in [0.25, 0.3) is 0 Å². The van der Waals surface area contributed by atoms with E-state index in [4.69, 9.17) is 10.2 Å². The third-order valence-electron chi connectivity index (χ3n) is 2.96. The molecule has 8 heteroatoms. The Morgan fingerprint density at radius 2 is 2.19 bits per heavy atom. The summed E-state index contributed by atoms with van der Waals surface area (Å²) in [6, 6.07) is 3.80. The Morgan fingerprint density at radius 1 is 1.48 bits per heavy atom. The van der Waals surface area contributed by atoms with Gasteiger partial charge in [-0.05, 0) is 26.0 Å². The lowest BCUT2D eigenvalue weighted by atomic mass is 10.1. The van der Waals surface area contributed by atoms with E-state index in [1.807, 2.05) is 0 Å². The van der Waals surface area contributed by atoms with Gasteiger partial charge in [0.25, 0.3) is 11.6 Å². The maximum atomic E-state index is 11.9. The maximum absolute atomic E-state index is 11.9. The van der Waals surface area contributed by atoms with Gasteiger partial charge in [0, 0.05) is 11.6 Å². The van der Waals surface area contributed by atoms with Gasteiger partial charge in [0.15, 0.2) is 0 Å². The zero-order chi connectivity index (χ0) is 15.6. The number of nitro benzene ring substituents is 1. The molecule has 1 aromatic carbocycles. The fourth-order valence-electron chi connectivity index (χ4n) is 1.73. The van der Waals surface area contributed by atoms with Crippen molar-refractivity contribution in [3.63, 3.8) is 0 Å². The van der Waals surface area contributed by atoms with Crippen molar-refractivity contribution in [2.45, 2.75) is 20.4 Å². The van der Waals surface area contributed by atoms with Crippen LogP contribution < -0.4 is 11.1 Å². The third kappa shape index (κ3) is 3.16. The Balaban J connectivity index is 2.06. The lowest BCUT2D eigenvalue weighted by molar-refractivity contribution is -0.383. The van der Waals surface area contributed by atoms with Gasteiger partial charge in [-0.1, -0.05) is 0 Å². The van der Waals surface area contributed by atoms with E-state index in [9.17, 15) is 14.9 Å². The average molecular weight is 290 g/mol. The van der Waals surface area contributed by atoms with Gasteiger partial charge < -0.3 is 15.5 Å². The second-order valence-corrected chi connectivity index (χ2v) is 4.46. The third-order valence-corrected chi connectivity index (χ3v) is 2.96. The van der Waals surface area contributed by atoms with Crippen LogP contribution in [0.5, 0.6) is 0 Å². The molecule has 21 heavy (non-hydrogen) atoms. The molecule has 0 unspecified atom stereocenters. The Bertz CT molecular complexity index is 689. The molecule has 110 valence electrons. The van der Waals surface area contributed by atoms with Crippen LogP contribution in [-0.2, 0) is 6.54 Å². The Hall–Kier alpha value is -2.90. The fraction of sp³-hybridized carbons (Fsp3) is 0.231. The van der Waals surface area contributed by atoms with Crippen molar-refractivity contribution < 1.29 is 14.1 Å². The Kier molecular flexibility index (Phi) is 3.88. The average Bonchev–Trinajstić information content (AvgIpc) is 2.74. The van der Waals surface area contributed by atoms with Crippen LogP contribution in [0, 0.1) is 24.0 Å². The number of rotatable bonds is 4. The van der Waals surface area contributed by atoms with Gasteiger partial charge in [-0.15, -0.1) is 0 Å². The van der Waals surface area contributed by atoms with Crippen molar-refractivity contribution in [1.82, 2.24) is 10.3 Å². The molecule has 2 rings (SSSR count). The van der Waals surface area contributed by atoms with Crippen LogP contribution >= 0.6 is 0 Å². The first-order chi connectivity index (χ1) is 9.88. The molecular weight excluding hydrogens is 276 g/mol. The van der Waals surface area contributed by atoms with Crippen LogP contribution in [0.3, 0.4) is 0 Å². The molecule has 1 amide bonds. The van der Waals surface area contributed by atoms with E-state index >= 15 is 0 Å². The normalized spacial score (nSPS) is 10.4. The van der Waals surface area contributed by atoms with E-state index in [0.29, 0.717) is 11.7 Å². The summed E-state index contributed by atoms with van der Waals surface area (Å²) >= 11 is 0. The van der Waals surface area contributed by atoms with Gasteiger partial charge in [-0.25, -0.2) is 4.98 Å². The molecule has 0 spiro atoms. The summed E-state index contributed by atoms with van der Waals surface area (Å²) in [7, 11) is 0. The zero-order valence-electron chi connectivity index (χ0n) is 11.5. The van der Waals surface area contributed by atoms with Crippen LogP contribution in [0.2, 0.25) is 0 Å². The lowest BCUT2D eigenvalue weighted by Crippen LogP contribution is -2.23. The number of benzene rings is 1. The van der Waals surface area contributed by atoms with Crippen LogP contribution in [0.1, 0.15) is 27.7 Å². The van der Waals surface area contributed by atoms with E-state index < -0.39 is 10.8 Å². The molecule has 0 radical (unpaired) electrons. The number of nitro groups is 1. The van der Waals surface area contributed by atoms with Crippen molar-refractivity contribution in [2.24, 2.45) is 0 Å². The number of amides is 1. The molecule has 0 fully saturated rings. The molecule has 0 atom stereocenters. The van der Waals surface area contributed by atoms with E-state index in [2.05, 4.69) is 10.3 Å². The second-order valence-electron chi connectivity index (χ2n) is 4.46. The predicted octanol–water partition coefficient (Wildman–Crippen LogP) is 1.71. The number of carbonyl (C=O) groups excluding carboxylic acids is 1. The first-order valence-electron chi connectivity index (χ1n) is 6.13. The minimum Gasteiger partial charge on any atom is -0.444 e. The molecule has 3 N–H and O–H groups in total. The summed E-state index contributed by atoms with van der Waals surface area (Å²) in [5.41, 5.74) is 6.24. The van der Waals surface area contributed by atoms with Gasteiger partial charge in [-0.3, -0.25) is 14.9 Å². The Morgan fingerprint density at radius 3 is 2.71 bits per heavy atom. The van der Waals surface area contributed by atoms with Gasteiger partial charge >= 0.3 is 0 Å². The first kappa shape index (κ1) is 14.5. The van der Waals surface area contributed by atoms with Crippen LogP contribution in [-0.4, -0.2) is 15.8 Å². The van der Waals surface area contributed by atoms with Crippen molar-refractivity contribution in [3.8, 4) is 0 Å². The molecule has 0 aliphatic carbocycles. The lowest BCUT2D eigenvalue weighted by Gasteiger charge is -2.04. The van der Waals surface area contributed by atoms with E-state index in [1.54, 1.807) is 13.8 Å². The molecule has 0 saturated carbocycles. The summed E-state index contributed by atoms with van der Waals surface area (Å²) < 4.78 is 5.34. The van der Waals surface area contributed by atoms with Crippen LogP contribution in [0.15, 0.2) is 22.6 Å². The highest BCUT2D eigenvalue weighted by Gasteiger charge is 2.15. The molecule has 0 aliphatic heterocycles. The number of hydrogen-bond acceptors (Lipinski definition) is 6. The highest BCUT2D eigenvalue weighted by Crippen LogP contribution is 2.22. The first-order valence-corrected chi connectivity index (χ1v) is 6.13. The monoisotopic (exact) mass is 290 g/mol. The number of carbonyl (C=O) groups is 1. The second kappa shape index (κ2) is 5.61. The highest BCUT2D eigenvalue weighted by atomic mass is 16.6. The summed E-state index contributed by atoms with van der Waals surface area (Å²) in [6.45, 7) is 3.72. The van der Waals surface area contributed by atoms with E-state index in [-0.39, 0.29) is 23.5 Å². The SMILES string of the molecule is Cc1nc(CNC(=O)c2ccc([N+](=O)[O-])c(N)c2)oc1C. The largest absolute Gasteiger partial charge is 0.444 e. The topological polar surface area (TPSA) is 124 Å². The molecular formula is C13H14N4O4. The number of nitrogens with one attached hydrogen (secondary N) is 1. The van der Waals surface area contributed by atoms with Gasteiger partial charge in [0.1, 0.15) is 11.4 Å². The number of oxazole rings is 1. The molecule has 2 aromatic rings. The minimum absolute atomic E-state index is 0.0598. The number of nitrogens with zero attached hydrogens (tertiary/aromatic N) is 2. The number of aryl methyl sites for hydroxylation is 2. The van der Waals surface area contributed by atoms with Crippen LogP contribution in [0.4, 0.5) is 11.4 Å². The number of aromatic nitrogens is 1. The summed E-state index contributed by atoms with van der Waals surface area (Å²) in [4.78, 5) is 26.1. The van der Waals surface area contributed by atoms with Crippen molar-refractivity contribution in [1.29, 1.82) is 0 Å². The molecule has 8 nitrogen and oxygen atoms in total. The van der Waals surface area contributed by atoms with E-state index in [0.717, 1.165) is 5.69 Å². The molecule has 0 bridgehead atoms. The van der Waals surface area contributed by atoms with Crippen molar-refractivity contribution >= 4 is 17.3 Å². The van der Waals surface area contributed by atoms with Crippen molar-refractivity contribution in [3.05, 3.63) is 51.2 Å². The maximum Gasteiger partial charge on any atom is 0.292 e. The number of nitrogen functional groups attached to an aromatic ring is 1. The summed E-state index contributed by atoms with van der Waals surface area (Å²) in [5.74, 6) is 0.678. The summed E-state index contributed by atoms with van der Waals surface area (Å²) in [5, 5.41) is 13.3. The minimum atomic E-state index is -0.602. The molecule has 1 aromatic heterocycles. The van der Waals surface area contributed by atoms with E-state index in [1.165, 1.54) is 18.2 Å². The molecule has 0 saturated heterocycles. The fourth-order valence-corrected chi connectivity index (χ4v) is 1.73. The van der Waals surface area contributed by atoms with Crippen molar-refractivity contribution in [2.75, 3.05) is 5.73 Å². The van der Waals surface area contributed by atoms with Gasteiger partial charge in [0.05, 0.1) is 17.2 Å². The Labute approximate surface area is 120 Å². The van der Waals surface area contributed by atoms with Gasteiger partial charge in [0.2, 0.25) is 5.89 Å². The smallest absolute Gasteiger partial charge is 0.292 e. The standard InChI is InChI=1S/C13H14N4O4/c1-7-8(2)21-12(16-7)6-15-13(18)9-3-4-11(17(19)20)10(14)5-9/h3-5H,6,14H2,1-2H3,(H,15,18). The number of nitrogens with two attached hydrogens (primary N) is 1. The quantitative estimate of drug-likeness (QED) is 0.501. The van der Waals surface area contributed by atoms with Gasteiger partial charge in [-0.2, -0.15) is 0 Å². The highest BCUT2D eigenvalue weighted by molar-refractivity contribution is 5.95. The summed E-state index contributed by atoms with van der Waals surface area (Å²) in [6.07, 6.45) is 0. The number of hydrogen-bond donors (Lipinski definition) is 2. The zero-order valence-corrected chi connectivity index (χ0v) is 11.5. The number of anilines is 1. The predicted molar refractivity (Wildman–Crippen MR) is 74.7 cm³/mol. The molecule has 1 heterocycles. The molecule has 0 aliphatic rings.